The van der Waals surface area contributed by atoms with Gasteiger partial charge in [0, 0.05) is 0 Å². The van der Waals surface area contributed by atoms with Gasteiger partial charge in [0.05, 0.1) is 6.21 Å². The topological polar surface area (TPSA) is 93.3 Å². The normalized spacial score (nSPS) is 15.0. The maximum absolute atomic E-state index is 3.62. The van der Waals surface area contributed by atoms with Gasteiger partial charge in [0.1, 0.15) is 0 Å². The molecule has 0 amide bonds. The van der Waals surface area contributed by atoms with Crippen LogP contribution in [0.5, 0.6) is 0 Å². The predicted octanol–water partition coefficient (Wildman–Crippen LogP) is -1.49. The summed E-state index contributed by atoms with van der Waals surface area (Å²) < 4.78 is 0. The first-order valence-electron chi connectivity index (χ1n) is 2.52. The zero-order valence-corrected chi connectivity index (χ0v) is 4.76. The molecule has 0 atom stereocenters. The Morgan fingerprint density at radius 1 is 1.40 bits per heavy atom. The maximum atomic E-state index is 3.62. The van der Waals surface area contributed by atoms with Gasteiger partial charge in [0.15, 0.2) is 5.71 Å². The molecule has 0 aromatic carbocycles. The maximum Gasteiger partial charge on any atom is 0.201 e. The molecule has 1 aromatic heterocycles. The highest BCUT2D eigenvalue weighted by Crippen LogP contribution is 1.90. The Hall–Kier alpha value is -1.79. The molecule has 2 rings (SSSR count). The number of nitrogens with zero attached hydrogens (tertiary/aromatic N) is 6. The molecule has 0 saturated heterocycles. The Balaban J connectivity index is 2.36. The van der Waals surface area contributed by atoms with Gasteiger partial charge in [-0.2, -0.15) is 0 Å². The van der Waals surface area contributed by atoms with Crippen LogP contribution in [0.1, 0.15) is 5.82 Å². The summed E-state index contributed by atoms with van der Waals surface area (Å²) in [5.41, 5.74) is 3.91. The van der Waals surface area contributed by atoms with Crippen molar-refractivity contribution in [3.63, 3.8) is 0 Å². The number of hydrogen-bond acceptors (Lipinski definition) is 5. The molecular weight excluding hydrogens is 134 g/mol. The van der Waals surface area contributed by atoms with Crippen LogP contribution in [0.4, 0.5) is 0 Å². The molecule has 0 saturated carbocycles. The molecule has 49 valence electrons. The van der Waals surface area contributed by atoms with E-state index in [0.717, 1.165) is 0 Å². The number of aromatic nitrogens is 4. The summed E-state index contributed by atoms with van der Waals surface area (Å²) in [7, 11) is 0. The van der Waals surface area contributed by atoms with Crippen LogP contribution < -0.4 is 5.53 Å². The fourth-order valence-electron chi connectivity index (χ4n) is 0.556. The third kappa shape index (κ3) is 0.642. The monoisotopic (exact) mass is 136 g/mol. The summed E-state index contributed by atoms with van der Waals surface area (Å²) in [5.74, 6) is 0.477. The molecule has 1 aromatic rings. The Bertz CT molecular complexity index is 269. The van der Waals surface area contributed by atoms with E-state index in [1.807, 2.05) is 0 Å². The summed E-state index contributed by atoms with van der Waals surface area (Å²) in [6.07, 6.45) is 1.47. The molecule has 0 spiro atoms. The van der Waals surface area contributed by atoms with Gasteiger partial charge in [0.25, 0.3) is 0 Å². The van der Waals surface area contributed by atoms with Crippen molar-refractivity contribution in [2.45, 2.75) is 0 Å². The number of rotatable bonds is 1. The van der Waals surface area contributed by atoms with Crippen LogP contribution >= 0.6 is 0 Å². The standard InChI is InChI=1S/C3H2N7/c1-2(5-8-4-1)3-6-9-10-7-3/h1H,(H,6,7,9,10). The van der Waals surface area contributed by atoms with Crippen molar-refractivity contribution in [1.29, 1.82) is 0 Å². The zero-order chi connectivity index (χ0) is 6.81. The fourth-order valence-corrected chi connectivity index (χ4v) is 0.556. The first kappa shape index (κ1) is 5.03. The summed E-state index contributed by atoms with van der Waals surface area (Å²) >= 11 is 0. The van der Waals surface area contributed by atoms with Crippen molar-refractivity contribution in [1.82, 2.24) is 26.2 Å². The minimum atomic E-state index is 0.477. The van der Waals surface area contributed by atoms with Gasteiger partial charge in [-0.1, -0.05) is 0 Å². The lowest BCUT2D eigenvalue weighted by atomic mass is 10.4. The number of nitrogens with one attached hydrogen (secondary N) is 1. The molecule has 1 aliphatic rings. The van der Waals surface area contributed by atoms with Crippen LogP contribution in [0, 0.1) is 0 Å². The first-order valence-corrected chi connectivity index (χ1v) is 2.52. The van der Waals surface area contributed by atoms with Crippen LogP contribution in [-0.4, -0.2) is 32.6 Å². The van der Waals surface area contributed by atoms with Crippen LogP contribution in [0.25, 0.3) is 0 Å². The van der Waals surface area contributed by atoms with Crippen molar-refractivity contribution < 1.29 is 0 Å². The molecule has 0 unspecified atom stereocenters. The Morgan fingerprint density at radius 2 is 2.40 bits per heavy atom. The molecule has 0 fully saturated rings. The molecular formula is C3H2N7. The summed E-state index contributed by atoms with van der Waals surface area (Å²) in [5, 5.41) is 20.0. The SMILES string of the molecule is C1=N[N]N=C1c1nnn[nH]1. The lowest BCUT2D eigenvalue weighted by molar-refractivity contribution is 0.812. The minimum Gasteiger partial charge on any atom is -0.237 e. The Labute approximate surface area is 55.2 Å². The molecule has 1 aliphatic heterocycles. The highest BCUT2D eigenvalue weighted by atomic mass is 15.5. The largest absolute Gasteiger partial charge is 0.237 e. The van der Waals surface area contributed by atoms with E-state index >= 15 is 0 Å². The molecule has 0 bridgehead atoms. The summed E-state index contributed by atoms with van der Waals surface area (Å²) in [6, 6.07) is 0. The van der Waals surface area contributed by atoms with E-state index in [9.17, 15) is 0 Å². The summed E-state index contributed by atoms with van der Waals surface area (Å²) in [6.45, 7) is 0. The van der Waals surface area contributed by atoms with E-state index in [1.54, 1.807) is 0 Å². The van der Waals surface area contributed by atoms with Gasteiger partial charge >= 0.3 is 0 Å². The van der Waals surface area contributed by atoms with Gasteiger partial charge in [-0.3, -0.25) is 0 Å². The first-order chi connectivity index (χ1) is 4.97. The average molecular weight is 136 g/mol. The van der Waals surface area contributed by atoms with Crippen molar-refractivity contribution in [2.24, 2.45) is 10.2 Å². The van der Waals surface area contributed by atoms with Crippen LogP contribution in [0.2, 0.25) is 0 Å². The lowest BCUT2D eigenvalue weighted by Crippen LogP contribution is -2.01. The third-order valence-corrected chi connectivity index (χ3v) is 0.972. The molecule has 2 heterocycles. The van der Waals surface area contributed by atoms with Gasteiger partial charge in [0.2, 0.25) is 5.82 Å². The second-order valence-corrected chi connectivity index (χ2v) is 1.57. The van der Waals surface area contributed by atoms with Crippen LogP contribution in [-0.2, 0) is 0 Å². The number of aromatic amines is 1. The van der Waals surface area contributed by atoms with Crippen LogP contribution in [0.3, 0.4) is 0 Å². The Kier molecular flexibility index (Phi) is 0.938. The second-order valence-electron chi connectivity index (χ2n) is 1.57. The minimum absolute atomic E-state index is 0.477. The summed E-state index contributed by atoms with van der Waals surface area (Å²) in [4.78, 5) is 0. The van der Waals surface area contributed by atoms with Crippen molar-refractivity contribution in [3.8, 4) is 0 Å². The van der Waals surface area contributed by atoms with E-state index < -0.39 is 0 Å². The van der Waals surface area contributed by atoms with Crippen LogP contribution in [0.15, 0.2) is 10.2 Å². The van der Waals surface area contributed by atoms with Crippen molar-refractivity contribution >= 4 is 11.9 Å². The number of hydrogen-bond donors (Lipinski definition) is 1. The van der Waals surface area contributed by atoms with E-state index in [4.69, 9.17) is 0 Å². The van der Waals surface area contributed by atoms with E-state index in [-0.39, 0.29) is 0 Å². The average Bonchev–Trinajstić information content (AvgIpc) is 2.59. The highest BCUT2D eigenvalue weighted by Gasteiger charge is 2.08. The van der Waals surface area contributed by atoms with Gasteiger partial charge in [-0.05, 0) is 16.0 Å². The van der Waals surface area contributed by atoms with Crippen molar-refractivity contribution in [3.05, 3.63) is 5.82 Å². The molecule has 10 heavy (non-hydrogen) atoms. The van der Waals surface area contributed by atoms with E-state index in [0.29, 0.717) is 11.5 Å². The lowest BCUT2D eigenvalue weighted by Gasteiger charge is -1.80. The molecule has 1 radical (unpaired) electrons. The second kappa shape index (κ2) is 1.87. The molecule has 0 aliphatic carbocycles. The third-order valence-electron chi connectivity index (χ3n) is 0.972. The highest BCUT2D eigenvalue weighted by molar-refractivity contribution is 6.37. The molecule has 7 nitrogen and oxygen atoms in total. The van der Waals surface area contributed by atoms with Gasteiger partial charge < -0.3 is 0 Å². The predicted molar refractivity (Wildman–Crippen MR) is 31.3 cm³/mol. The quantitative estimate of drug-likeness (QED) is 0.509. The van der Waals surface area contributed by atoms with Gasteiger partial charge in [-0.25, -0.2) is 5.10 Å². The smallest absolute Gasteiger partial charge is 0.201 e. The fraction of sp³-hybridized carbons (Fsp3) is 0. The molecule has 7 heteroatoms. The number of H-pyrrole nitrogens is 1. The number of tetrazole rings is 1. The van der Waals surface area contributed by atoms with E-state index in [2.05, 4.69) is 36.4 Å². The van der Waals surface area contributed by atoms with Gasteiger partial charge in [-0.15, -0.1) is 15.3 Å². The Morgan fingerprint density at radius 3 is 3.00 bits per heavy atom. The van der Waals surface area contributed by atoms with Crippen molar-refractivity contribution in [2.75, 3.05) is 0 Å². The zero-order valence-electron chi connectivity index (χ0n) is 4.76. The molecule has 1 N–H and O–H groups in total. The van der Waals surface area contributed by atoms with E-state index in [1.165, 1.54) is 6.21 Å².